The summed E-state index contributed by atoms with van der Waals surface area (Å²) in [6.07, 6.45) is -1.99. The second-order valence-corrected chi connectivity index (χ2v) is 8.01. The summed E-state index contributed by atoms with van der Waals surface area (Å²) in [4.78, 5) is 11.0. The van der Waals surface area contributed by atoms with Gasteiger partial charge in [-0.05, 0) is 38.2 Å². The molecule has 1 aliphatic heterocycles. The summed E-state index contributed by atoms with van der Waals surface area (Å²) < 4.78 is 48.2. The Hall–Kier alpha value is -2.78. The third-order valence-corrected chi connectivity index (χ3v) is 5.47. The monoisotopic (exact) mass is 451 g/mol. The highest BCUT2D eigenvalue weighted by Gasteiger charge is 2.35. The van der Waals surface area contributed by atoms with Crippen molar-refractivity contribution in [2.75, 3.05) is 19.3 Å². The number of nitrogens with two attached hydrogens (primary N) is 1. The number of benzene rings is 1. The molecule has 3 aromatic rings. The highest BCUT2D eigenvalue weighted by Crippen LogP contribution is 2.38. The zero-order valence-corrected chi connectivity index (χ0v) is 17.7. The summed E-state index contributed by atoms with van der Waals surface area (Å²) in [6.45, 7) is 4.00. The molecule has 4 rings (SSSR count). The number of rotatable bonds is 4. The van der Waals surface area contributed by atoms with Crippen molar-refractivity contribution >= 4 is 17.4 Å². The number of aromatic nitrogens is 3. The Kier molecular flexibility index (Phi) is 5.57. The fraction of sp³-hybridized carbons (Fsp3) is 0.333. The van der Waals surface area contributed by atoms with Crippen molar-refractivity contribution in [1.82, 2.24) is 19.4 Å². The molecule has 1 atom stereocenters. The SMILES string of the molecule is C[C@@H](Oc1cc(-c2cn3c(n2)CN(C)CC3)cnc1N)c1cc(Cl)ccc1C(F)(F)F. The Morgan fingerprint density at radius 3 is 2.74 bits per heavy atom. The van der Waals surface area contributed by atoms with E-state index in [1.165, 1.54) is 19.1 Å². The van der Waals surface area contributed by atoms with Gasteiger partial charge in [-0.15, -0.1) is 0 Å². The van der Waals surface area contributed by atoms with Crippen molar-refractivity contribution in [1.29, 1.82) is 0 Å². The highest BCUT2D eigenvalue weighted by molar-refractivity contribution is 6.30. The van der Waals surface area contributed by atoms with Crippen molar-refractivity contribution in [2.24, 2.45) is 0 Å². The van der Waals surface area contributed by atoms with Gasteiger partial charge in [0.05, 0.1) is 17.8 Å². The van der Waals surface area contributed by atoms with Crippen LogP contribution in [0.15, 0.2) is 36.7 Å². The summed E-state index contributed by atoms with van der Waals surface area (Å²) in [7, 11) is 2.03. The minimum Gasteiger partial charge on any atom is -0.482 e. The number of nitrogen functional groups attached to an aromatic ring is 1. The van der Waals surface area contributed by atoms with Gasteiger partial charge in [0.15, 0.2) is 11.6 Å². The van der Waals surface area contributed by atoms with E-state index in [1.807, 2.05) is 13.2 Å². The van der Waals surface area contributed by atoms with E-state index in [0.717, 1.165) is 31.5 Å². The number of hydrogen-bond donors (Lipinski definition) is 1. The molecule has 0 saturated heterocycles. The number of halogens is 4. The predicted octanol–water partition coefficient (Wildman–Crippen LogP) is 4.78. The average molecular weight is 452 g/mol. The molecule has 1 aliphatic rings. The Morgan fingerprint density at radius 1 is 1.23 bits per heavy atom. The van der Waals surface area contributed by atoms with E-state index in [0.29, 0.717) is 11.3 Å². The van der Waals surface area contributed by atoms with Crippen LogP contribution in [0, 0.1) is 0 Å². The highest BCUT2D eigenvalue weighted by atomic mass is 35.5. The summed E-state index contributed by atoms with van der Waals surface area (Å²) in [5.74, 6) is 1.20. The first-order chi connectivity index (χ1) is 14.6. The lowest BCUT2D eigenvalue weighted by molar-refractivity contribution is -0.138. The van der Waals surface area contributed by atoms with Gasteiger partial charge in [0, 0.05) is 41.6 Å². The minimum atomic E-state index is -4.54. The van der Waals surface area contributed by atoms with E-state index in [1.54, 1.807) is 12.3 Å². The molecule has 3 heterocycles. The first-order valence-corrected chi connectivity index (χ1v) is 10.0. The first-order valence-electron chi connectivity index (χ1n) is 9.65. The van der Waals surface area contributed by atoms with Crippen LogP contribution in [-0.2, 0) is 19.3 Å². The topological polar surface area (TPSA) is 69.2 Å². The molecule has 6 nitrogen and oxygen atoms in total. The summed E-state index contributed by atoms with van der Waals surface area (Å²) in [6, 6.07) is 5.05. The molecule has 1 aromatic carbocycles. The van der Waals surface area contributed by atoms with E-state index in [-0.39, 0.29) is 22.2 Å². The molecule has 0 unspecified atom stereocenters. The number of ether oxygens (including phenoxy) is 1. The molecule has 0 saturated carbocycles. The number of fused-ring (bicyclic) bond motifs is 1. The van der Waals surface area contributed by atoms with Crippen LogP contribution in [0.2, 0.25) is 5.02 Å². The third kappa shape index (κ3) is 4.47. The van der Waals surface area contributed by atoms with Crippen molar-refractivity contribution in [2.45, 2.75) is 32.3 Å². The Morgan fingerprint density at radius 2 is 2.00 bits per heavy atom. The number of likely N-dealkylation sites (N-methyl/N-ethyl adjacent to an activating group) is 1. The number of imidazole rings is 1. The average Bonchev–Trinajstić information content (AvgIpc) is 3.11. The van der Waals surface area contributed by atoms with Gasteiger partial charge in [0.2, 0.25) is 0 Å². The standard InChI is InChI=1S/C21H21ClF3N5O/c1-12(15-8-14(22)3-4-16(15)21(23,24)25)31-18-7-13(9-27-20(18)26)17-10-30-6-5-29(2)11-19(30)28-17/h3-4,7-10,12H,5-6,11H2,1-2H3,(H2,26,27)/t12-/m1/s1. The maximum Gasteiger partial charge on any atom is 0.416 e. The predicted molar refractivity (Wildman–Crippen MR) is 112 cm³/mol. The zero-order chi connectivity index (χ0) is 22.3. The summed E-state index contributed by atoms with van der Waals surface area (Å²) >= 11 is 5.94. The molecule has 0 aliphatic carbocycles. The molecule has 31 heavy (non-hydrogen) atoms. The van der Waals surface area contributed by atoms with Gasteiger partial charge in [-0.2, -0.15) is 13.2 Å². The van der Waals surface area contributed by atoms with Crippen LogP contribution in [0.5, 0.6) is 5.75 Å². The Balaban J connectivity index is 1.64. The van der Waals surface area contributed by atoms with Gasteiger partial charge in [-0.3, -0.25) is 4.90 Å². The van der Waals surface area contributed by atoms with Crippen molar-refractivity contribution < 1.29 is 17.9 Å². The normalized spacial score (nSPS) is 15.5. The van der Waals surface area contributed by atoms with E-state index in [2.05, 4.69) is 19.4 Å². The molecule has 2 N–H and O–H groups in total. The number of alkyl halides is 3. The minimum absolute atomic E-state index is 0.0784. The second kappa shape index (κ2) is 8.05. The Bertz CT molecular complexity index is 1110. The van der Waals surface area contributed by atoms with Crippen molar-refractivity contribution in [3.63, 3.8) is 0 Å². The molecule has 2 aromatic heterocycles. The largest absolute Gasteiger partial charge is 0.482 e. The molecule has 164 valence electrons. The van der Waals surface area contributed by atoms with E-state index < -0.39 is 17.8 Å². The fourth-order valence-electron chi connectivity index (χ4n) is 3.58. The van der Waals surface area contributed by atoms with Crippen LogP contribution in [0.1, 0.15) is 30.0 Å². The van der Waals surface area contributed by atoms with Crippen molar-refractivity contribution in [3.8, 4) is 17.0 Å². The van der Waals surface area contributed by atoms with Crippen LogP contribution >= 0.6 is 11.6 Å². The van der Waals surface area contributed by atoms with E-state index >= 15 is 0 Å². The van der Waals surface area contributed by atoms with Crippen LogP contribution in [0.3, 0.4) is 0 Å². The molecule has 0 bridgehead atoms. The quantitative estimate of drug-likeness (QED) is 0.618. The van der Waals surface area contributed by atoms with Gasteiger partial charge in [0.25, 0.3) is 0 Å². The van der Waals surface area contributed by atoms with Gasteiger partial charge < -0.3 is 15.0 Å². The smallest absolute Gasteiger partial charge is 0.416 e. The van der Waals surface area contributed by atoms with Crippen LogP contribution in [0.25, 0.3) is 11.3 Å². The molecule has 0 fully saturated rings. The summed E-state index contributed by atoms with van der Waals surface area (Å²) in [5, 5.41) is 0.187. The van der Waals surface area contributed by atoms with Crippen LogP contribution < -0.4 is 10.5 Å². The second-order valence-electron chi connectivity index (χ2n) is 7.57. The third-order valence-electron chi connectivity index (χ3n) is 5.23. The van der Waals surface area contributed by atoms with Gasteiger partial charge in [0.1, 0.15) is 11.9 Å². The van der Waals surface area contributed by atoms with Gasteiger partial charge in [-0.1, -0.05) is 11.6 Å². The van der Waals surface area contributed by atoms with E-state index in [9.17, 15) is 13.2 Å². The molecular weight excluding hydrogens is 431 g/mol. The number of hydrogen-bond acceptors (Lipinski definition) is 5. The van der Waals surface area contributed by atoms with Gasteiger partial charge in [-0.25, -0.2) is 9.97 Å². The number of nitrogens with zero attached hydrogens (tertiary/aromatic N) is 4. The van der Waals surface area contributed by atoms with Crippen molar-refractivity contribution in [3.05, 3.63) is 58.6 Å². The van der Waals surface area contributed by atoms with Crippen LogP contribution in [-0.4, -0.2) is 33.0 Å². The molecule has 10 heteroatoms. The Labute approximate surface area is 182 Å². The maximum absolute atomic E-state index is 13.4. The molecule has 0 amide bonds. The lowest BCUT2D eigenvalue weighted by atomic mass is 10.0. The molecule has 0 spiro atoms. The number of pyridine rings is 1. The molecular formula is C21H21ClF3N5O. The number of anilines is 1. The zero-order valence-electron chi connectivity index (χ0n) is 16.9. The fourth-order valence-corrected chi connectivity index (χ4v) is 3.76. The lowest BCUT2D eigenvalue weighted by Crippen LogP contribution is -2.30. The van der Waals surface area contributed by atoms with E-state index in [4.69, 9.17) is 22.1 Å². The van der Waals surface area contributed by atoms with Crippen LogP contribution in [0.4, 0.5) is 19.0 Å². The lowest BCUT2D eigenvalue weighted by Gasteiger charge is -2.22. The molecule has 0 radical (unpaired) electrons. The maximum atomic E-state index is 13.4. The van der Waals surface area contributed by atoms with Gasteiger partial charge >= 0.3 is 6.18 Å². The summed E-state index contributed by atoms with van der Waals surface area (Å²) in [5.41, 5.74) is 6.43. The first kappa shape index (κ1) is 21.5.